The number of rotatable bonds is 8. The van der Waals surface area contributed by atoms with Crippen molar-refractivity contribution >= 4 is 45.4 Å². The van der Waals surface area contributed by atoms with Gasteiger partial charge in [0.05, 0.1) is 22.3 Å². The van der Waals surface area contributed by atoms with E-state index >= 15 is 0 Å². The average Bonchev–Trinajstić information content (AvgIpc) is 3.65. The van der Waals surface area contributed by atoms with Gasteiger partial charge < -0.3 is 18.9 Å². The molecule has 1 fully saturated rings. The fourth-order valence-electron chi connectivity index (χ4n) is 8.49. The monoisotopic (exact) mass is 760 g/mol. The van der Waals surface area contributed by atoms with E-state index in [1.807, 2.05) is 54.6 Å². The number of carbonyl (C=O) groups is 4. The molecule has 0 atom stereocenters. The van der Waals surface area contributed by atoms with Gasteiger partial charge in [-0.3, -0.25) is 0 Å². The molecule has 288 valence electrons. The second-order valence-electron chi connectivity index (χ2n) is 15.3. The van der Waals surface area contributed by atoms with Gasteiger partial charge in [0.1, 0.15) is 23.0 Å². The molecule has 0 saturated heterocycles. The molecule has 1 saturated carbocycles. The molecule has 2 heterocycles. The highest BCUT2D eigenvalue weighted by Crippen LogP contribution is 2.44. The molecule has 0 N–H and O–H groups in total. The van der Waals surface area contributed by atoms with Crippen molar-refractivity contribution in [2.24, 2.45) is 0 Å². The molecule has 0 radical (unpaired) electrons. The highest BCUT2D eigenvalue weighted by Gasteiger charge is 2.34. The summed E-state index contributed by atoms with van der Waals surface area (Å²) >= 11 is 0. The van der Waals surface area contributed by atoms with E-state index in [4.69, 9.17) is 18.9 Å². The van der Waals surface area contributed by atoms with Gasteiger partial charge in [-0.1, -0.05) is 100 Å². The van der Waals surface area contributed by atoms with E-state index in [1.54, 1.807) is 30.3 Å². The van der Waals surface area contributed by atoms with Crippen molar-refractivity contribution in [3.05, 3.63) is 149 Å². The van der Waals surface area contributed by atoms with Crippen LogP contribution < -0.4 is 9.47 Å². The summed E-state index contributed by atoms with van der Waals surface area (Å²) in [5, 5.41) is 3.17. The van der Waals surface area contributed by atoms with E-state index in [-0.39, 0.29) is 27.7 Å². The van der Waals surface area contributed by atoms with Crippen LogP contribution in [0.5, 0.6) is 17.2 Å². The molecule has 0 spiro atoms. The Morgan fingerprint density at radius 2 is 0.982 bits per heavy atom. The third kappa shape index (κ3) is 7.77. The Hall–Kier alpha value is -6.28. The molecule has 5 aromatic rings. The SMILES string of the molecule is C=C/C(=C\C=C(/C)C1(c2ccc(Oc3ccc4cc5c(cc4c3)C(=O)OC5=O)cc2)CCCCCCCCCCC1)Oc1ccc2cc3c(cc2c1)C(=O)OC3=O. The minimum atomic E-state index is -0.637. The molecule has 8 rings (SSSR count). The first kappa shape index (κ1) is 37.6. The average molecular weight is 761 g/mol. The fraction of sp³-hybridized carbons (Fsp3) is 0.265. The minimum absolute atomic E-state index is 0.203. The first-order valence-corrected chi connectivity index (χ1v) is 19.9. The maximum Gasteiger partial charge on any atom is 0.346 e. The number of ether oxygens (including phenoxy) is 4. The van der Waals surface area contributed by atoms with Crippen molar-refractivity contribution in [2.45, 2.75) is 83.0 Å². The number of hydrogen-bond acceptors (Lipinski definition) is 8. The maximum atomic E-state index is 12.2. The van der Waals surface area contributed by atoms with Gasteiger partial charge in [0.15, 0.2) is 0 Å². The summed E-state index contributed by atoms with van der Waals surface area (Å²) in [6.45, 7) is 6.26. The third-order valence-electron chi connectivity index (χ3n) is 11.7. The summed E-state index contributed by atoms with van der Waals surface area (Å²) < 4.78 is 22.2. The molecule has 57 heavy (non-hydrogen) atoms. The van der Waals surface area contributed by atoms with Gasteiger partial charge >= 0.3 is 23.9 Å². The van der Waals surface area contributed by atoms with E-state index in [1.165, 1.54) is 56.1 Å². The lowest BCUT2D eigenvalue weighted by Crippen LogP contribution is -2.28. The van der Waals surface area contributed by atoms with Crippen molar-refractivity contribution in [2.75, 3.05) is 0 Å². The highest BCUT2D eigenvalue weighted by atomic mass is 16.6. The molecule has 0 amide bonds. The van der Waals surface area contributed by atoms with Gasteiger partial charge in [-0.2, -0.15) is 0 Å². The molecular weight excluding hydrogens is 717 g/mol. The van der Waals surface area contributed by atoms with Crippen molar-refractivity contribution in [3.8, 4) is 17.2 Å². The summed E-state index contributed by atoms with van der Waals surface area (Å²) in [4.78, 5) is 48.5. The Labute approximate surface area is 331 Å². The summed E-state index contributed by atoms with van der Waals surface area (Å²) in [6.07, 6.45) is 18.9. The van der Waals surface area contributed by atoms with Crippen LogP contribution in [0.1, 0.15) is 125 Å². The molecule has 8 heteroatoms. The van der Waals surface area contributed by atoms with Crippen LogP contribution in [0.2, 0.25) is 0 Å². The van der Waals surface area contributed by atoms with Gasteiger partial charge in [0.2, 0.25) is 0 Å². The van der Waals surface area contributed by atoms with Crippen LogP contribution in [0.25, 0.3) is 21.5 Å². The second-order valence-corrected chi connectivity index (χ2v) is 15.3. The van der Waals surface area contributed by atoms with Gasteiger partial charge in [0, 0.05) is 5.41 Å². The van der Waals surface area contributed by atoms with Gasteiger partial charge in [-0.25, -0.2) is 19.2 Å². The largest absolute Gasteiger partial charge is 0.457 e. The fourth-order valence-corrected chi connectivity index (χ4v) is 8.49. The zero-order valence-electron chi connectivity index (χ0n) is 32.1. The Bertz CT molecular complexity index is 2490. The van der Waals surface area contributed by atoms with Gasteiger partial charge in [-0.05, 0) is 120 Å². The molecule has 2 aliphatic heterocycles. The zero-order chi connectivity index (χ0) is 39.5. The van der Waals surface area contributed by atoms with E-state index < -0.39 is 23.9 Å². The summed E-state index contributed by atoms with van der Waals surface area (Å²) in [7, 11) is 0. The summed E-state index contributed by atoms with van der Waals surface area (Å²) in [5.74, 6) is -0.0143. The van der Waals surface area contributed by atoms with Crippen molar-refractivity contribution < 1.29 is 38.1 Å². The predicted molar refractivity (Wildman–Crippen MR) is 219 cm³/mol. The normalized spacial score (nSPS) is 17.6. The van der Waals surface area contributed by atoms with Crippen molar-refractivity contribution in [3.63, 3.8) is 0 Å². The standard InChI is InChI=1S/C49H44O8/c1-3-37(54-39-19-14-32-27-41-43(29-34(32)25-39)47(52)56-45(41)50)18-13-31(2)49(23-11-9-7-5-4-6-8-10-12-24-49)36-16-21-38(22-17-36)55-40-20-15-33-28-42-44(30-35(33)26-40)48(53)57-46(42)51/h3,13-22,25-30H,1,4-12,23-24H2,2H3/b31-13+,37-18+. The van der Waals surface area contributed by atoms with Crippen LogP contribution in [-0.2, 0) is 14.9 Å². The maximum absolute atomic E-state index is 12.2. The van der Waals surface area contributed by atoms with Crippen molar-refractivity contribution in [1.29, 1.82) is 0 Å². The van der Waals surface area contributed by atoms with Gasteiger partial charge in [-0.15, -0.1) is 0 Å². The summed E-state index contributed by atoms with van der Waals surface area (Å²) in [6, 6.07) is 26.3. The second kappa shape index (κ2) is 16.1. The molecule has 0 bridgehead atoms. The molecule has 0 aromatic heterocycles. The third-order valence-corrected chi connectivity index (χ3v) is 11.7. The quantitative estimate of drug-likeness (QED) is 0.0666. The van der Waals surface area contributed by atoms with Crippen LogP contribution in [0.15, 0.2) is 121 Å². The lowest BCUT2D eigenvalue weighted by atomic mass is 9.67. The lowest BCUT2D eigenvalue weighted by molar-refractivity contribution is 0.0425. The molecule has 3 aliphatic rings. The number of cyclic esters (lactones) is 4. The van der Waals surface area contributed by atoms with E-state index in [0.717, 1.165) is 47.2 Å². The first-order chi connectivity index (χ1) is 27.7. The van der Waals surface area contributed by atoms with E-state index in [2.05, 4.69) is 31.7 Å². The summed E-state index contributed by atoms with van der Waals surface area (Å²) in [5.41, 5.74) is 3.38. The predicted octanol–water partition coefficient (Wildman–Crippen LogP) is 12.0. The Balaban J connectivity index is 1.07. The molecule has 8 nitrogen and oxygen atoms in total. The molecule has 0 unspecified atom stereocenters. The van der Waals surface area contributed by atoms with Gasteiger partial charge in [0.25, 0.3) is 0 Å². The molecule has 5 aromatic carbocycles. The highest BCUT2D eigenvalue weighted by molar-refractivity contribution is 6.18. The Morgan fingerprint density at radius 3 is 1.49 bits per heavy atom. The van der Waals surface area contributed by atoms with Crippen molar-refractivity contribution in [1.82, 2.24) is 0 Å². The number of hydrogen-bond donors (Lipinski definition) is 0. The van der Waals surface area contributed by atoms with Crippen LogP contribution in [0, 0.1) is 0 Å². The van der Waals surface area contributed by atoms with Crippen LogP contribution in [-0.4, -0.2) is 23.9 Å². The molecular formula is C49H44O8. The Morgan fingerprint density at radius 1 is 0.544 bits per heavy atom. The van der Waals surface area contributed by atoms with Crippen LogP contribution >= 0.6 is 0 Å². The lowest BCUT2D eigenvalue weighted by Gasteiger charge is -2.37. The van der Waals surface area contributed by atoms with E-state index in [0.29, 0.717) is 23.0 Å². The zero-order valence-corrected chi connectivity index (χ0v) is 32.1. The van der Waals surface area contributed by atoms with Crippen LogP contribution in [0.4, 0.5) is 0 Å². The smallest absolute Gasteiger partial charge is 0.346 e. The van der Waals surface area contributed by atoms with Crippen LogP contribution in [0.3, 0.4) is 0 Å². The Kier molecular flexibility index (Phi) is 10.6. The number of allylic oxidation sites excluding steroid dienone is 4. The topological polar surface area (TPSA) is 105 Å². The van der Waals surface area contributed by atoms with E-state index in [9.17, 15) is 19.2 Å². The first-order valence-electron chi connectivity index (χ1n) is 19.9. The number of esters is 4. The number of benzene rings is 5. The number of carbonyl (C=O) groups excluding carboxylic acids is 4. The number of fused-ring (bicyclic) bond motifs is 4. The molecule has 1 aliphatic carbocycles. The minimum Gasteiger partial charge on any atom is -0.457 e.